The minimum absolute atomic E-state index is 0.0319. The highest BCUT2D eigenvalue weighted by Gasteiger charge is 2.35. The number of hydrogen-bond acceptors (Lipinski definition) is 5. The molecule has 3 aromatic rings. The van der Waals surface area contributed by atoms with Gasteiger partial charge in [0.05, 0.1) is 19.0 Å². The Balaban J connectivity index is 1.37. The average Bonchev–Trinajstić information content (AvgIpc) is 3.29. The molecule has 1 unspecified atom stereocenters. The van der Waals surface area contributed by atoms with Crippen molar-refractivity contribution in [3.05, 3.63) is 66.1 Å². The summed E-state index contributed by atoms with van der Waals surface area (Å²) in [5.41, 5.74) is 2.96. The number of aromatic amines is 1. The molecule has 2 aromatic heterocycles. The van der Waals surface area contributed by atoms with Gasteiger partial charge < -0.3 is 20.7 Å². The molecule has 0 radical (unpaired) electrons. The van der Waals surface area contributed by atoms with Gasteiger partial charge in [-0.05, 0) is 49.9 Å². The molecule has 9 nitrogen and oxygen atoms in total. The molecule has 0 spiro atoms. The Kier molecular flexibility index (Phi) is 7.77. The summed E-state index contributed by atoms with van der Waals surface area (Å²) in [5, 5.41) is 15.8. The highest BCUT2D eigenvalue weighted by Crippen LogP contribution is 2.31. The quantitative estimate of drug-likeness (QED) is 0.375. The summed E-state index contributed by atoms with van der Waals surface area (Å²) in [7, 11) is 0. The molecular weight excluding hydrogens is 446 g/mol. The fraction of sp³-hybridized carbons (Fsp3) is 0.385. The number of H-pyrrole nitrogens is 1. The van der Waals surface area contributed by atoms with Gasteiger partial charge in [-0.2, -0.15) is 0 Å². The van der Waals surface area contributed by atoms with Crippen LogP contribution in [0, 0.1) is 0 Å². The number of pyridine rings is 1. The van der Waals surface area contributed by atoms with Crippen molar-refractivity contribution in [3.8, 4) is 0 Å². The van der Waals surface area contributed by atoms with Gasteiger partial charge in [-0.1, -0.05) is 30.3 Å². The summed E-state index contributed by atoms with van der Waals surface area (Å²) >= 11 is 0. The number of carbonyl (C=O) groups excluding carboxylic acids is 2. The highest BCUT2D eigenvalue weighted by atomic mass is 16.4. The number of aliphatic carboxylic acids is 1. The molecule has 9 heteroatoms. The molecule has 0 aliphatic carbocycles. The lowest BCUT2D eigenvalue weighted by atomic mass is 9.84. The predicted molar refractivity (Wildman–Crippen MR) is 132 cm³/mol. The van der Waals surface area contributed by atoms with Crippen molar-refractivity contribution in [1.82, 2.24) is 25.5 Å². The van der Waals surface area contributed by atoms with Crippen LogP contribution in [0.4, 0.5) is 0 Å². The second-order valence-corrected chi connectivity index (χ2v) is 9.03. The Labute approximate surface area is 203 Å². The summed E-state index contributed by atoms with van der Waals surface area (Å²) in [6, 6.07) is 12.6. The molecule has 184 valence electrons. The zero-order valence-electron chi connectivity index (χ0n) is 19.7. The summed E-state index contributed by atoms with van der Waals surface area (Å²) in [4.78, 5) is 46.3. The van der Waals surface area contributed by atoms with Crippen LogP contribution in [0.15, 0.2) is 54.9 Å². The van der Waals surface area contributed by atoms with Crippen LogP contribution in [0.3, 0.4) is 0 Å². The molecule has 3 heterocycles. The number of nitrogens with one attached hydrogen (secondary N) is 3. The molecule has 4 rings (SSSR count). The number of aromatic nitrogens is 2. The van der Waals surface area contributed by atoms with Gasteiger partial charge >= 0.3 is 5.97 Å². The summed E-state index contributed by atoms with van der Waals surface area (Å²) in [6.07, 6.45) is 4.85. The second kappa shape index (κ2) is 11.1. The number of rotatable bonds is 9. The van der Waals surface area contributed by atoms with Gasteiger partial charge in [-0.25, -0.2) is 0 Å². The van der Waals surface area contributed by atoms with Crippen LogP contribution < -0.4 is 10.6 Å². The van der Waals surface area contributed by atoms with Crippen molar-refractivity contribution >= 4 is 28.7 Å². The van der Waals surface area contributed by atoms with Crippen LogP contribution >= 0.6 is 0 Å². The average molecular weight is 478 g/mol. The lowest BCUT2D eigenvalue weighted by Crippen LogP contribution is -2.55. The maximum Gasteiger partial charge on any atom is 0.304 e. The molecule has 1 aromatic carbocycles. The van der Waals surface area contributed by atoms with Crippen LogP contribution in [0.25, 0.3) is 10.9 Å². The monoisotopic (exact) mass is 477 g/mol. The highest BCUT2D eigenvalue weighted by molar-refractivity contribution is 5.89. The number of carboxylic acid groups (broad SMARTS) is 1. The standard InChI is InChI=1S/C26H31N5O4/c1-17(25(34)28-16-21-13-20-15-27-10-7-22(20)30-21)29-26(35)23-14-19(18-5-3-2-4-6-18)8-11-31(23)12-9-24(32)33/h2-7,10,13,15,17,19,23,30H,8-9,11-12,14,16H2,1H3,(H,28,34)(H,29,35)(H,32,33)/t17?,19-,23+/m0/s1. The number of likely N-dealkylation sites (tertiary alicyclic amines) is 1. The predicted octanol–water partition coefficient (Wildman–Crippen LogP) is 2.41. The summed E-state index contributed by atoms with van der Waals surface area (Å²) in [6.45, 7) is 2.88. The van der Waals surface area contributed by atoms with E-state index < -0.39 is 18.1 Å². The SMILES string of the molecule is CC(NC(=O)[C@H]1C[C@@H](c2ccccc2)CCN1CCC(=O)O)C(=O)NCc1cc2cnccc2[nH]1. The van der Waals surface area contributed by atoms with Crippen molar-refractivity contribution in [1.29, 1.82) is 0 Å². The normalized spacial score (nSPS) is 19.2. The molecular formula is C26H31N5O4. The van der Waals surface area contributed by atoms with E-state index in [0.29, 0.717) is 26.1 Å². The molecule has 1 saturated heterocycles. The Hall–Kier alpha value is -3.72. The fourth-order valence-electron chi connectivity index (χ4n) is 4.66. The van der Waals surface area contributed by atoms with E-state index in [1.807, 2.05) is 35.2 Å². The molecule has 2 amide bonds. The summed E-state index contributed by atoms with van der Waals surface area (Å²) < 4.78 is 0. The molecule has 1 aliphatic heterocycles. The van der Waals surface area contributed by atoms with Gasteiger partial charge in [-0.15, -0.1) is 0 Å². The number of carboxylic acids is 1. The van der Waals surface area contributed by atoms with Crippen molar-refractivity contribution in [3.63, 3.8) is 0 Å². The van der Waals surface area contributed by atoms with E-state index >= 15 is 0 Å². The zero-order valence-corrected chi connectivity index (χ0v) is 19.7. The fourth-order valence-corrected chi connectivity index (χ4v) is 4.66. The third kappa shape index (κ3) is 6.24. The number of hydrogen-bond donors (Lipinski definition) is 4. The molecule has 1 fully saturated rings. The maximum absolute atomic E-state index is 13.2. The Morgan fingerprint density at radius 2 is 2.03 bits per heavy atom. The first-order chi connectivity index (χ1) is 16.9. The molecule has 4 N–H and O–H groups in total. The van der Waals surface area contributed by atoms with Crippen LogP contribution in [-0.4, -0.2) is 62.9 Å². The number of fused-ring (bicyclic) bond motifs is 1. The van der Waals surface area contributed by atoms with E-state index in [9.17, 15) is 14.4 Å². The largest absolute Gasteiger partial charge is 0.481 e. The molecule has 0 saturated carbocycles. The second-order valence-electron chi connectivity index (χ2n) is 9.03. The summed E-state index contributed by atoms with van der Waals surface area (Å²) in [5.74, 6) is -1.23. The van der Waals surface area contributed by atoms with Crippen molar-refractivity contribution in [2.45, 2.75) is 50.7 Å². The van der Waals surface area contributed by atoms with Crippen LogP contribution in [0.5, 0.6) is 0 Å². The van der Waals surface area contributed by atoms with E-state index in [4.69, 9.17) is 5.11 Å². The smallest absolute Gasteiger partial charge is 0.304 e. The third-order valence-electron chi connectivity index (χ3n) is 6.58. The van der Waals surface area contributed by atoms with Gasteiger partial charge in [-0.3, -0.25) is 24.3 Å². The maximum atomic E-state index is 13.2. The van der Waals surface area contributed by atoms with E-state index in [-0.39, 0.29) is 24.2 Å². The number of amides is 2. The first-order valence-electron chi connectivity index (χ1n) is 11.9. The van der Waals surface area contributed by atoms with Crippen LogP contribution in [0.1, 0.15) is 43.4 Å². The van der Waals surface area contributed by atoms with Gasteiger partial charge in [0, 0.05) is 35.5 Å². The van der Waals surface area contributed by atoms with E-state index in [2.05, 4.69) is 32.7 Å². The zero-order chi connectivity index (χ0) is 24.8. The number of benzene rings is 1. The van der Waals surface area contributed by atoms with E-state index in [0.717, 1.165) is 23.0 Å². The number of piperidine rings is 1. The molecule has 3 atom stereocenters. The number of carbonyl (C=O) groups is 3. The first-order valence-corrected chi connectivity index (χ1v) is 11.9. The molecule has 35 heavy (non-hydrogen) atoms. The van der Waals surface area contributed by atoms with Gasteiger partial charge in [0.2, 0.25) is 11.8 Å². The van der Waals surface area contributed by atoms with Crippen LogP contribution in [0.2, 0.25) is 0 Å². The Morgan fingerprint density at radius 3 is 2.77 bits per heavy atom. The minimum atomic E-state index is -0.894. The topological polar surface area (TPSA) is 127 Å². The minimum Gasteiger partial charge on any atom is -0.481 e. The van der Waals surface area contributed by atoms with Crippen molar-refractivity contribution in [2.75, 3.05) is 13.1 Å². The Morgan fingerprint density at radius 1 is 1.23 bits per heavy atom. The van der Waals surface area contributed by atoms with Gasteiger partial charge in [0.25, 0.3) is 0 Å². The van der Waals surface area contributed by atoms with Crippen molar-refractivity contribution in [2.24, 2.45) is 0 Å². The van der Waals surface area contributed by atoms with Gasteiger partial charge in [0.15, 0.2) is 0 Å². The third-order valence-corrected chi connectivity index (χ3v) is 6.58. The van der Waals surface area contributed by atoms with Gasteiger partial charge in [0.1, 0.15) is 6.04 Å². The molecule has 1 aliphatic rings. The lowest BCUT2D eigenvalue weighted by Gasteiger charge is -2.39. The first kappa shape index (κ1) is 24.4. The van der Waals surface area contributed by atoms with Crippen molar-refractivity contribution < 1.29 is 19.5 Å². The molecule has 0 bridgehead atoms. The van der Waals surface area contributed by atoms with E-state index in [1.54, 1.807) is 19.3 Å². The Bertz CT molecular complexity index is 1150. The lowest BCUT2D eigenvalue weighted by molar-refractivity contribution is -0.139. The van der Waals surface area contributed by atoms with E-state index in [1.165, 1.54) is 5.56 Å². The van der Waals surface area contributed by atoms with Crippen LogP contribution in [-0.2, 0) is 20.9 Å². The number of nitrogens with zero attached hydrogens (tertiary/aromatic N) is 2.